The molecule has 0 saturated heterocycles. The summed E-state index contributed by atoms with van der Waals surface area (Å²) in [4.78, 5) is 7.18. The van der Waals surface area contributed by atoms with Crippen LogP contribution in [0.3, 0.4) is 0 Å². The molecule has 5 nitrogen and oxygen atoms in total. The summed E-state index contributed by atoms with van der Waals surface area (Å²) in [5.74, 6) is 0.594. The molecule has 0 spiro atoms. The van der Waals surface area contributed by atoms with E-state index in [-0.39, 0.29) is 0 Å². The van der Waals surface area contributed by atoms with Gasteiger partial charge in [-0.25, -0.2) is 4.98 Å². The van der Waals surface area contributed by atoms with Crippen LogP contribution in [0.15, 0.2) is 197 Å². The summed E-state index contributed by atoms with van der Waals surface area (Å²) in [6.07, 6.45) is 0. The highest BCUT2D eigenvalue weighted by atomic mass is 16.4. The van der Waals surface area contributed by atoms with E-state index < -0.39 is 0 Å². The Hall–Kier alpha value is -7.37. The van der Waals surface area contributed by atoms with Crippen molar-refractivity contribution in [2.75, 3.05) is 4.90 Å². The van der Waals surface area contributed by atoms with E-state index in [1.165, 1.54) is 16.3 Å². The van der Waals surface area contributed by atoms with Gasteiger partial charge in [0.1, 0.15) is 16.7 Å². The van der Waals surface area contributed by atoms with Crippen LogP contribution in [-0.2, 0) is 0 Å². The van der Waals surface area contributed by atoms with Gasteiger partial charge in [0.15, 0.2) is 5.58 Å². The lowest BCUT2D eigenvalue weighted by Gasteiger charge is -2.28. The van der Waals surface area contributed by atoms with Crippen LogP contribution in [-0.4, -0.2) is 9.55 Å². The summed E-state index contributed by atoms with van der Waals surface area (Å²) in [5, 5.41) is 4.32. The van der Waals surface area contributed by atoms with Crippen LogP contribution in [0.2, 0.25) is 0 Å². The zero-order chi connectivity index (χ0) is 35.6. The van der Waals surface area contributed by atoms with E-state index in [1.54, 1.807) is 0 Å². The normalized spacial score (nSPS) is 11.7. The highest BCUT2D eigenvalue weighted by Gasteiger charge is 2.22. The molecular formula is C49H31N3O2. The van der Waals surface area contributed by atoms with Gasteiger partial charge in [-0.05, 0) is 78.4 Å². The first-order valence-corrected chi connectivity index (χ1v) is 18.1. The molecule has 0 aliphatic heterocycles. The van der Waals surface area contributed by atoms with E-state index in [4.69, 9.17) is 13.8 Å². The van der Waals surface area contributed by atoms with Gasteiger partial charge < -0.3 is 18.3 Å². The lowest BCUT2D eigenvalue weighted by atomic mass is 10.0. The fourth-order valence-corrected chi connectivity index (χ4v) is 7.99. The summed E-state index contributed by atoms with van der Waals surface area (Å²) in [6, 6.07) is 65.7. The molecule has 11 aromatic rings. The third kappa shape index (κ3) is 4.76. The smallest absolute Gasteiger partial charge is 0.227 e. The maximum absolute atomic E-state index is 6.62. The van der Waals surface area contributed by atoms with Gasteiger partial charge in [0.05, 0.1) is 22.1 Å². The Morgan fingerprint density at radius 3 is 1.93 bits per heavy atom. The van der Waals surface area contributed by atoms with Crippen LogP contribution in [0.1, 0.15) is 0 Å². The van der Waals surface area contributed by atoms with Crippen LogP contribution < -0.4 is 4.90 Å². The van der Waals surface area contributed by atoms with Crippen molar-refractivity contribution in [2.45, 2.75) is 0 Å². The first kappa shape index (κ1) is 30.3. The molecule has 3 aromatic heterocycles. The topological polar surface area (TPSA) is 47.3 Å². The monoisotopic (exact) mass is 693 g/mol. The molecule has 0 atom stereocenters. The van der Waals surface area contributed by atoms with Crippen molar-refractivity contribution in [2.24, 2.45) is 0 Å². The molecule has 8 aromatic carbocycles. The van der Waals surface area contributed by atoms with E-state index in [0.29, 0.717) is 5.89 Å². The van der Waals surface area contributed by atoms with Crippen molar-refractivity contribution in [1.82, 2.24) is 9.55 Å². The van der Waals surface area contributed by atoms with E-state index in [1.807, 2.05) is 42.5 Å². The van der Waals surface area contributed by atoms with Crippen molar-refractivity contribution in [3.8, 4) is 28.3 Å². The maximum atomic E-state index is 6.62. The van der Waals surface area contributed by atoms with Gasteiger partial charge in [-0.2, -0.15) is 0 Å². The Labute approximate surface area is 310 Å². The summed E-state index contributed by atoms with van der Waals surface area (Å²) >= 11 is 0. The first-order valence-electron chi connectivity index (χ1n) is 18.1. The van der Waals surface area contributed by atoms with Crippen LogP contribution in [0.5, 0.6) is 0 Å². The molecule has 0 aliphatic carbocycles. The Morgan fingerprint density at radius 2 is 1.11 bits per heavy atom. The zero-order valence-electron chi connectivity index (χ0n) is 29.1. The number of nitrogens with zero attached hydrogens (tertiary/aromatic N) is 3. The number of para-hydroxylation sites is 3. The number of hydrogen-bond donors (Lipinski definition) is 0. The second-order valence-electron chi connectivity index (χ2n) is 13.6. The molecule has 254 valence electrons. The van der Waals surface area contributed by atoms with Crippen molar-refractivity contribution >= 4 is 71.9 Å². The fraction of sp³-hybridized carbons (Fsp3) is 0. The van der Waals surface area contributed by atoms with Gasteiger partial charge in [0, 0.05) is 50.4 Å². The van der Waals surface area contributed by atoms with Gasteiger partial charge in [0.2, 0.25) is 5.89 Å². The van der Waals surface area contributed by atoms with Gasteiger partial charge >= 0.3 is 0 Å². The largest absolute Gasteiger partial charge is 0.456 e. The number of aromatic nitrogens is 2. The van der Waals surface area contributed by atoms with Crippen LogP contribution in [0, 0.1) is 0 Å². The lowest BCUT2D eigenvalue weighted by molar-refractivity contribution is 0.622. The minimum atomic E-state index is 0.594. The number of oxazole rings is 1. The van der Waals surface area contributed by atoms with Crippen molar-refractivity contribution in [3.63, 3.8) is 0 Å². The minimum Gasteiger partial charge on any atom is -0.456 e. The molecule has 0 amide bonds. The van der Waals surface area contributed by atoms with E-state index in [0.717, 1.165) is 78.0 Å². The molecule has 0 fully saturated rings. The number of furan rings is 1. The number of hydrogen-bond acceptors (Lipinski definition) is 4. The Balaban J connectivity index is 1.15. The second-order valence-corrected chi connectivity index (χ2v) is 13.6. The quantitative estimate of drug-likeness (QED) is 0.174. The third-order valence-corrected chi connectivity index (χ3v) is 10.4. The molecule has 0 unspecified atom stereocenters. The predicted molar refractivity (Wildman–Crippen MR) is 221 cm³/mol. The fourth-order valence-electron chi connectivity index (χ4n) is 7.99. The standard InChI is InChI=1S/C49H31N3O2/c1-4-14-32(15-5-1)37-20-10-12-22-42(37)51(35-24-26-39-38-21-11-13-23-43(38)52(44(39)30-35)34-18-8-3-9-19-34)36-25-27-40-46(31-36)53-45-29-28-41-48(47(40)45)54-49(50-41)33-16-6-2-7-17-33/h1-31H. The molecule has 11 rings (SSSR count). The summed E-state index contributed by atoms with van der Waals surface area (Å²) in [7, 11) is 0. The Morgan fingerprint density at radius 1 is 0.463 bits per heavy atom. The molecule has 3 heterocycles. The maximum Gasteiger partial charge on any atom is 0.227 e. The molecule has 0 N–H and O–H groups in total. The van der Waals surface area contributed by atoms with Crippen LogP contribution in [0.4, 0.5) is 17.1 Å². The summed E-state index contributed by atoms with van der Waals surface area (Å²) < 4.78 is 15.4. The number of fused-ring (bicyclic) bond motifs is 8. The van der Waals surface area contributed by atoms with E-state index >= 15 is 0 Å². The van der Waals surface area contributed by atoms with Gasteiger partial charge in [0.25, 0.3) is 0 Å². The van der Waals surface area contributed by atoms with Crippen molar-refractivity contribution < 1.29 is 8.83 Å². The minimum absolute atomic E-state index is 0.594. The van der Waals surface area contributed by atoms with Gasteiger partial charge in [-0.15, -0.1) is 0 Å². The highest BCUT2D eigenvalue weighted by molar-refractivity contribution is 6.17. The highest BCUT2D eigenvalue weighted by Crippen LogP contribution is 2.45. The van der Waals surface area contributed by atoms with Crippen molar-refractivity contribution in [3.05, 3.63) is 188 Å². The van der Waals surface area contributed by atoms with E-state index in [2.05, 4.69) is 155 Å². The molecule has 5 heteroatoms. The zero-order valence-corrected chi connectivity index (χ0v) is 29.1. The van der Waals surface area contributed by atoms with E-state index in [9.17, 15) is 0 Å². The number of anilines is 3. The second kappa shape index (κ2) is 12.1. The number of rotatable bonds is 6. The van der Waals surface area contributed by atoms with Crippen LogP contribution in [0.25, 0.3) is 83.1 Å². The summed E-state index contributed by atoms with van der Waals surface area (Å²) in [5.41, 5.74) is 12.8. The average Bonchev–Trinajstić information content (AvgIpc) is 3.94. The first-order chi connectivity index (χ1) is 26.8. The Bertz CT molecular complexity index is 3160. The molecule has 0 saturated carbocycles. The SMILES string of the molecule is c1ccc(-c2nc3ccc4oc5cc(N(c6ccc7c8ccccc8n(-c8ccccc8)c7c6)c6ccccc6-c6ccccc6)ccc5c4c3o2)cc1. The van der Waals surface area contributed by atoms with Gasteiger partial charge in [-0.3, -0.25) is 0 Å². The predicted octanol–water partition coefficient (Wildman–Crippen LogP) is 13.6. The molecule has 0 aliphatic rings. The molecule has 54 heavy (non-hydrogen) atoms. The molecule has 0 bridgehead atoms. The third-order valence-electron chi connectivity index (χ3n) is 10.4. The lowest BCUT2D eigenvalue weighted by Crippen LogP contribution is -2.11. The average molecular weight is 694 g/mol. The summed E-state index contributed by atoms with van der Waals surface area (Å²) in [6.45, 7) is 0. The Kier molecular flexibility index (Phi) is 6.79. The molecular weight excluding hydrogens is 663 g/mol. The van der Waals surface area contributed by atoms with Crippen LogP contribution >= 0.6 is 0 Å². The van der Waals surface area contributed by atoms with Gasteiger partial charge in [-0.1, -0.05) is 109 Å². The number of benzene rings is 8. The van der Waals surface area contributed by atoms with Crippen molar-refractivity contribution in [1.29, 1.82) is 0 Å². The molecule has 0 radical (unpaired) electrons.